The molecule has 0 spiro atoms. The molecule has 1 aliphatic heterocycles. The molecule has 2 aliphatic rings. The first kappa shape index (κ1) is 21.5. The maximum absolute atomic E-state index is 11.7. The Balaban J connectivity index is 2.06. The van der Waals surface area contributed by atoms with Gasteiger partial charge in [-0.1, -0.05) is 37.3 Å². The number of aliphatic hydroxyl groups excluding tert-OH is 1. The smallest absolute Gasteiger partial charge is 0.200 e. The van der Waals surface area contributed by atoms with E-state index < -0.39 is 5.54 Å². The Morgan fingerprint density at radius 2 is 1.66 bits per heavy atom. The van der Waals surface area contributed by atoms with Gasteiger partial charge in [0.05, 0.1) is 5.54 Å². The van der Waals surface area contributed by atoms with Crippen molar-refractivity contribution in [1.82, 2.24) is 4.90 Å². The molecular formula is C25H35N2O2+. The maximum atomic E-state index is 11.7. The first-order valence-electron chi connectivity index (χ1n) is 10.6. The van der Waals surface area contributed by atoms with Gasteiger partial charge >= 0.3 is 0 Å². The summed E-state index contributed by atoms with van der Waals surface area (Å²) in [5.74, 6) is 0.470. The number of likely N-dealkylation sites (N-methyl/N-ethyl adjacent to an activating group) is 1. The zero-order chi connectivity index (χ0) is 21.0. The molecule has 0 radical (unpaired) electrons. The fourth-order valence-corrected chi connectivity index (χ4v) is 4.55. The van der Waals surface area contributed by atoms with Crippen molar-refractivity contribution in [1.29, 1.82) is 0 Å². The maximum Gasteiger partial charge on any atom is 0.200 e. The minimum Gasteiger partial charge on any atom is -0.510 e. The van der Waals surface area contributed by atoms with Crippen LogP contribution < -0.4 is 0 Å². The van der Waals surface area contributed by atoms with E-state index in [1.807, 2.05) is 6.07 Å². The number of aliphatic hydroxyl groups is 1. The van der Waals surface area contributed by atoms with Crippen LogP contribution in [-0.4, -0.2) is 66.2 Å². The van der Waals surface area contributed by atoms with Crippen LogP contribution in [-0.2, 0) is 11.2 Å². The molecule has 0 aromatic heterocycles. The second-order valence-corrected chi connectivity index (χ2v) is 8.34. The average Bonchev–Trinajstić information content (AvgIpc) is 2.72. The summed E-state index contributed by atoms with van der Waals surface area (Å²) < 4.78 is 7.86. The van der Waals surface area contributed by atoms with Gasteiger partial charge in [-0.15, -0.1) is 0 Å². The molecule has 0 saturated carbocycles. The standard InChI is InChI=1S/C25H34N2O2/c1-6-25(26(4)5,18-21-10-8-7-9-11-21)24(28)23-19(2)16-22(17-20(23)3)27-12-14-29-15-13-27/h7-11,16-17H,6,12-15,18H2,1-5H3/p+1. The van der Waals surface area contributed by atoms with Crippen molar-refractivity contribution in [2.45, 2.75) is 39.2 Å². The largest absolute Gasteiger partial charge is 0.510 e. The fraction of sp³-hybridized carbons (Fsp3) is 0.480. The Hall–Kier alpha value is -2.17. The predicted octanol–water partition coefficient (Wildman–Crippen LogP) is 4.14. The van der Waals surface area contributed by atoms with E-state index in [1.54, 1.807) is 0 Å². The predicted molar refractivity (Wildman–Crippen MR) is 120 cm³/mol. The minimum absolute atomic E-state index is 0.447. The van der Waals surface area contributed by atoms with Crippen LogP contribution in [0.1, 0.15) is 32.8 Å². The number of ether oxygens (including phenoxy) is 1. The molecule has 1 atom stereocenters. The molecule has 1 aromatic rings. The molecule has 1 unspecified atom stereocenters. The van der Waals surface area contributed by atoms with Crippen molar-refractivity contribution < 1.29 is 14.4 Å². The Bertz CT molecular complexity index is 830. The van der Waals surface area contributed by atoms with Crippen LogP contribution in [0.2, 0.25) is 0 Å². The van der Waals surface area contributed by atoms with Crippen molar-refractivity contribution >= 4 is 5.71 Å². The van der Waals surface area contributed by atoms with Gasteiger partial charge in [-0.3, -0.25) is 4.90 Å². The Kier molecular flexibility index (Phi) is 6.76. The van der Waals surface area contributed by atoms with Crippen LogP contribution in [0, 0.1) is 0 Å². The number of benzene rings is 1. The monoisotopic (exact) mass is 395 g/mol. The van der Waals surface area contributed by atoms with Gasteiger partial charge < -0.3 is 9.84 Å². The van der Waals surface area contributed by atoms with E-state index in [4.69, 9.17) is 4.74 Å². The summed E-state index contributed by atoms with van der Waals surface area (Å²) in [4.78, 5) is 2.17. The molecule has 156 valence electrons. The summed E-state index contributed by atoms with van der Waals surface area (Å²) in [6.07, 6.45) is 6.02. The third-order valence-electron chi connectivity index (χ3n) is 6.35. The highest BCUT2D eigenvalue weighted by molar-refractivity contribution is 6.04. The molecule has 1 aromatic carbocycles. The Labute approximate surface area is 175 Å². The van der Waals surface area contributed by atoms with E-state index in [0.29, 0.717) is 5.76 Å². The number of morpholine rings is 1. The van der Waals surface area contributed by atoms with Crippen LogP contribution in [0.15, 0.2) is 65.0 Å². The minimum atomic E-state index is -0.447. The zero-order valence-corrected chi connectivity index (χ0v) is 18.5. The molecule has 1 heterocycles. The Morgan fingerprint density at radius 1 is 1.07 bits per heavy atom. The summed E-state index contributed by atoms with van der Waals surface area (Å²) >= 11 is 0. The normalized spacial score (nSPS) is 19.7. The lowest BCUT2D eigenvalue weighted by atomic mass is 9.79. The van der Waals surface area contributed by atoms with Gasteiger partial charge in [-0.25, -0.2) is 4.58 Å². The summed E-state index contributed by atoms with van der Waals surface area (Å²) in [5, 5.41) is 11.7. The van der Waals surface area contributed by atoms with Crippen LogP contribution >= 0.6 is 0 Å². The second-order valence-electron chi connectivity index (χ2n) is 8.34. The molecule has 4 nitrogen and oxygen atoms in total. The molecule has 1 aliphatic carbocycles. The van der Waals surface area contributed by atoms with Gasteiger partial charge in [0, 0.05) is 17.7 Å². The van der Waals surface area contributed by atoms with Crippen molar-refractivity contribution in [3.05, 3.63) is 70.5 Å². The molecule has 1 N–H and O–H groups in total. The molecule has 0 bridgehead atoms. The third kappa shape index (κ3) is 4.39. The third-order valence-corrected chi connectivity index (χ3v) is 6.35. The van der Waals surface area contributed by atoms with Gasteiger partial charge in [0.2, 0.25) is 5.71 Å². The topological polar surface area (TPSA) is 35.7 Å². The highest BCUT2D eigenvalue weighted by Crippen LogP contribution is 2.37. The number of hydrogen-bond donors (Lipinski definition) is 1. The van der Waals surface area contributed by atoms with Crippen molar-refractivity contribution in [3.63, 3.8) is 0 Å². The number of hydrogen-bond acceptors (Lipinski definition) is 3. The lowest BCUT2D eigenvalue weighted by Crippen LogP contribution is -2.48. The summed E-state index contributed by atoms with van der Waals surface area (Å²) in [7, 11) is 4.13. The number of rotatable bonds is 5. The quantitative estimate of drug-likeness (QED) is 0.601. The van der Waals surface area contributed by atoms with E-state index in [-0.39, 0.29) is 0 Å². The van der Waals surface area contributed by atoms with Crippen molar-refractivity contribution in [2.24, 2.45) is 0 Å². The van der Waals surface area contributed by atoms with Gasteiger partial charge in [0.15, 0.2) is 13.1 Å². The molecule has 0 amide bonds. The highest BCUT2D eigenvalue weighted by Gasteiger charge is 2.39. The second kappa shape index (κ2) is 9.10. The Morgan fingerprint density at radius 3 is 2.17 bits per heavy atom. The van der Waals surface area contributed by atoms with E-state index in [2.05, 4.69) is 80.8 Å². The SMILES string of the molecule is CCC(Cc1ccccc1)(C(O)=C1C(C)=CC(=[N+]2CCOCC2)C=C1C)N(C)C. The van der Waals surface area contributed by atoms with Gasteiger partial charge in [0.1, 0.15) is 19.0 Å². The van der Waals surface area contributed by atoms with Gasteiger partial charge in [-0.05, 0) is 57.5 Å². The van der Waals surface area contributed by atoms with Crippen LogP contribution in [0.5, 0.6) is 0 Å². The number of nitrogens with zero attached hydrogens (tertiary/aromatic N) is 2. The summed E-state index contributed by atoms with van der Waals surface area (Å²) in [5.41, 5.74) is 5.23. The van der Waals surface area contributed by atoms with Crippen LogP contribution in [0.4, 0.5) is 0 Å². The van der Waals surface area contributed by atoms with Gasteiger partial charge in [-0.2, -0.15) is 0 Å². The molecule has 4 heteroatoms. The van der Waals surface area contributed by atoms with E-state index in [0.717, 1.165) is 55.9 Å². The van der Waals surface area contributed by atoms with Crippen molar-refractivity contribution in [3.8, 4) is 0 Å². The molecule has 1 saturated heterocycles. The fourth-order valence-electron chi connectivity index (χ4n) is 4.55. The molecule has 1 fully saturated rings. The van der Waals surface area contributed by atoms with Crippen LogP contribution in [0.3, 0.4) is 0 Å². The first-order valence-corrected chi connectivity index (χ1v) is 10.6. The first-order chi connectivity index (χ1) is 13.9. The summed E-state index contributed by atoms with van der Waals surface area (Å²) in [6.45, 7) is 9.76. The lowest BCUT2D eigenvalue weighted by Gasteiger charge is -2.40. The van der Waals surface area contributed by atoms with Crippen molar-refractivity contribution in [2.75, 3.05) is 40.4 Å². The summed E-state index contributed by atoms with van der Waals surface area (Å²) in [6, 6.07) is 10.5. The van der Waals surface area contributed by atoms with E-state index in [1.165, 1.54) is 11.3 Å². The van der Waals surface area contributed by atoms with E-state index in [9.17, 15) is 5.11 Å². The lowest BCUT2D eigenvalue weighted by molar-refractivity contribution is -0.547. The molecule has 3 rings (SSSR count). The number of allylic oxidation sites excluding steroid dienone is 5. The van der Waals surface area contributed by atoms with Crippen LogP contribution in [0.25, 0.3) is 0 Å². The highest BCUT2D eigenvalue weighted by atomic mass is 16.5. The van der Waals surface area contributed by atoms with Gasteiger partial charge in [0.25, 0.3) is 0 Å². The van der Waals surface area contributed by atoms with E-state index >= 15 is 0 Å². The molecule has 29 heavy (non-hydrogen) atoms. The molecular weight excluding hydrogens is 360 g/mol. The average molecular weight is 396 g/mol. The zero-order valence-electron chi connectivity index (χ0n) is 18.5.